The molecule has 0 unspecified atom stereocenters. The van der Waals surface area contributed by atoms with Crippen molar-refractivity contribution >= 4 is 0 Å². The Bertz CT molecular complexity index is 280. The number of aliphatic hydroxyl groups is 1. The summed E-state index contributed by atoms with van der Waals surface area (Å²) < 4.78 is 0. The van der Waals surface area contributed by atoms with Crippen LogP contribution in [0.1, 0.15) is 31.7 Å². The van der Waals surface area contributed by atoms with Gasteiger partial charge in [0.15, 0.2) is 0 Å². The predicted molar refractivity (Wildman–Crippen MR) is 53.4 cm³/mol. The molecule has 0 heterocycles. The minimum Gasteiger partial charge on any atom is -0.385 e. The molecular formula is C12H16O. The van der Waals surface area contributed by atoms with Gasteiger partial charge in [-0.2, -0.15) is 0 Å². The van der Waals surface area contributed by atoms with Gasteiger partial charge < -0.3 is 5.11 Å². The van der Waals surface area contributed by atoms with Crippen molar-refractivity contribution in [3.8, 4) is 0 Å². The summed E-state index contributed by atoms with van der Waals surface area (Å²) in [5.41, 5.74) is 0.542. The molecule has 1 N–H and O–H groups in total. The summed E-state index contributed by atoms with van der Waals surface area (Å²) in [6.07, 6.45) is 2.97. The second kappa shape index (κ2) is 3.15. The number of hydrogen-bond acceptors (Lipinski definition) is 1. The van der Waals surface area contributed by atoms with Crippen molar-refractivity contribution in [2.75, 3.05) is 0 Å². The Balaban J connectivity index is 2.26. The van der Waals surface area contributed by atoms with Crippen molar-refractivity contribution in [1.82, 2.24) is 0 Å². The summed E-state index contributed by atoms with van der Waals surface area (Å²) >= 11 is 0. The standard InChI is InChI=1S/C12H16O/c1-10-7-8-12(13,9-10)11-5-3-2-4-6-11/h2-6,10,13H,7-9H2,1H3/t10-,12+/m0/s1. The average Bonchev–Trinajstić information content (AvgIpc) is 2.49. The smallest absolute Gasteiger partial charge is 0.0899 e. The van der Waals surface area contributed by atoms with E-state index in [0.717, 1.165) is 24.8 Å². The third-order valence-electron chi connectivity index (χ3n) is 3.05. The van der Waals surface area contributed by atoms with Crippen molar-refractivity contribution in [1.29, 1.82) is 0 Å². The van der Waals surface area contributed by atoms with Crippen LogP contribution in [0.2, 0.25) is 0 Å². The van der Waals surface area contributed by atoms with E-state index in [0.29, 0.717) is 5.92 Å². The maximum absolute atomic E-state index is 10.3. The molecule has 1 aliphatic rings. The molecule has 0 radical (unpaired) electrons. The Hall–Kier alpha value is -0.820. The van der Waals surface area contributed by atoms with Crippen molar-refractivity contribution in [3.05, 3.63) is 35.9 Å². The highest BCUT2D eigenvalue weighted by Gasteiger charge is 2.36. The van der Waals surface area contributed by atoms with Gasteiger partial charge in [-0.15, -0.1) is 0 Å². The van der Waals surface area contributed by atoms with E-state index in [1.807, 2.05) is 30.3 Å². The third kappa shape index (κ3) is 1.61. The van der Waals surface area contributed by atoms with Gasteiger partial charge >= 0.3 is 0 Å². The van der Waals surface area contributed by atoms with Gasteiger partial charge in [-0.3, -0.25) is 0 Å². The first-order valence-electron chi connectivity index (χ1n) is 4.99. The Kier molecular flexibility index (Phi) is 2.12. The fourth-order valence-corrected chi connectivity index (χ4v) is 2.28. The largest absolute Gasteiger partial charge is 0.385 e. The number of rotatable bonds is 1. The molecular weight excluding hydrogens is 160 g/mol. The average molecular weight is 176 g/mol. The lowest BCUT2D eigenvalue weighted by Crippen LogP contribution is -2.21. The summed E-state index contributed by atoms with van der Waals surface area (Å²) in [7, 11) is 0. The summed E-state index contributed by atoms with van der Waals surface area (Å²) in [4.78, 5) is 0. The van der Waals surface area contributed by atoms with E-state index >= 15 is 0 Å². The molecule has 2 atom stereocenters. The molecule has 0 bridgehead atoms. The lowest BCUT2D eigenvalue weighted by atomic mass is 9.91. The first-order valence-corrected chi connectivity index (χ1v) is 4.99. The molecule has 0 spiro atoms. The van der Waals surface area contributed by atoms with E-state index in [-0.39, 0.29) is 0 Å². The zero-order valence-corrected chi connectivity index (χ0v) is 8.03. The van der Waals surface area contributed by atoms with Crippen LogP contribution < -0.4 is 0 Å². The molecule has 1 aromatic rings. The van der Waals surface area contributed by atoms with Gasteiger partial charge in [-0.25, -0.2) is 0 Å². The monoisotopic (exact) mass is 176 g/mol. The molecule has 1 aliphatic carbocycles. The molecule has 1 heteroatoms. The summed E-state index contributed by atoms with van der Waals surface area (Å²) in [5, 5.41) is 10.3. The van der Waals surface area contributed by atoms with E-state index in [1.54, 1.807) is 0 Å². The van der Waals surface area contributed by atoms with Crippen LogP contribution in [0.15, 0.2) is 30.3 Å². The number of hydrogen-bond donors (Lipinski definition) is 1. The van der Waals surface area contributed by atoms with Gasteiger partial charge in [0.25, 0.3) is 0 Å². The normalized spacial score (nSPS) is 33.5. The quantitative estimate of drug-likeness (QED) is 0.697. The molecule has 1 nitrogen and oxygen atoms in total. The molecule has 70 valence electrons. The molecule has 0 aliphatic heterocycles. The first kappa shape index (κ1) is 8.76. The molecule has 0 saturated heterocycles. The first-order chi connectivity index (χ1) is 6.21. The molecule has 1 saturated carbocycles. The van der Waals surface area contributed by atoms with Crippen molar-refractivity contribution in [2.45, 2.75) is 31.8 Å². The molecule has 2 rings (SSSR count). The van der Waals surface area contributed by atoms with Crippen LogP contribution in [0.3, 0.4) is 0 Å². The Morgan fingerprint density at radius 2 is 2.00 bits per heavy atom. The van der Waals surface area contributed by atoms with E-state index < -0.39 is 5.60 Å². The van der Waals surface area contributed by atoms with E-state index in [1.165, 1.54) is 0 Å². The van der Waals surface area contributed by atoms with Crippen molar-refractivity contribution in [2.24, 2.45) is 5.92 Å². The minimum absolute atomic E-state index is 0.541. The topological polar surface area (TPSA) is 20.2 Å². The Morgan fingerprint density at radius 3 is 2.54 bits per heavy atom. The SMILES string of the molecule is C[C@H]1CC[C@](O)(c2ccccc2)C1. The summed E-state index contributed by atoms with van der Waals surface area (Å²) in [6.45, 7) is 2.21. The van der Waals surface area contributed by atoms with Crippen LogP contribution in [0.25, 0.3) is 0 Å². The molecule has 0 aromatic heterocycles. The van der Waals surface area contributed by atoms with Crippen molar-refractivity contribution < 1.29 is 5.11 Å². The van der Waals surface area contributed by atoms with Crippen LogP contribution in [-0.2, 0) is 5.60 Å². The summed E-state index contributed by atoms with van der Waals surface area (Å²) in [6, 6.07) is 10.0. The lowest BCUT2D eigenvalue weighted by Gasteiger charge is -2.22. The third-order valence-corrected chi connectivity index (χ3v) is 3.05. The van der Waals surface area contributed by atoms with Crippen LogP contribution in [0, 0.1) is 5.92 Å². The number of benzene rings is 1. The van der Waals surface area contributed by atoms with Gasteiger partial charge in [-0.05, 0) is 30.7 Å². The van der Waals surface area contributed by atoms with Crippen LogP contribution in [0.4, 0.5) is 0 Å². The van der Waals surface area contributed by atoms with Crippen molar-refractivity contribution in [3.63, 3.8) is 0 Å². The van der Waals surface area contributed by atoms with Crippen LogP contribution >= 0.6 is 0 Å². The van der Waals surface area contributed by atoms with Gasteiger partial charge in [0.2, 0.25) is 0 Å². The molecule has 13 heavy (non-hydrogen) atoms. The highest BCUT2D eigenvalue weighted by molar-refractivity contribution is 5.23. The van der Waals surface area contributed by atoms with E-state index in [9.17, 15) is 5.11 Å². The predicted octanol–water partition coefficient (Wildman–Crippen LogP) is 2.69. The molecule has 1 fully saturated rings. The second-order valence-electron chi connectivity index (χ2n) is 4.25. The van der Waals surface area contributed by atoms with Crippen LogP contribution in [0.5, 0.6) is 0 Å². The van der Waals surface area contributed by atoms with Gasteiger partial charge in [-0.1, -0.05) is 37.3 Å². The Labute approximate surface area is 79.4 Å². The van der Waals surface area contributed by atoms with E-state index in [4.69, 9.17) is 0 Å². The summed E-state index contributed by atoms with van der Waals surface area (Å²) in [5.74, 6) is 0.658. The second-order valence-corrected chi connectivity index (χ2v) is 4.25. The zero-order chi connectivity index (χ0) is 9.31. The maximum Gasteiger partial charge on any atom is 0.0899 e. The van der Waals surface area contributed by atoms with Gasteiger partial charge in [0, 0.05) is 0 Å². The molecule has 1 aromatic carbocycles. The van der Waals surface area contributed by atoms with E-state index in [2.05, 4.69) is 6.92 Å². The fourth-order valence-electron chi connectivity index (χ4n) is 2.28. The fraction of sp³-hybridized carbons (Fsp3) is 0.500. The Morgan fingerprint density at radius 1 is 1.31 bits per heavy atom. The zero-order valence-electron chi connectivity index (χ0n) is 8.03. The van der Waals surface area contributed by atoms with Crippen LogP contribution in [-0.4, -0.2) is 5.11 Å². The molecule has 0 amide bonds. The van der Waals surface area contributed by atoms with Gasteiger partial charge in [0.1, 0.15) is 0 Å². The maximum atomic E-state index is 10.3. The highest BCUT2D eigenvalue weighted by Crippen LogP contribution is 2.41. The van der Waals surface area contributed by atoms with Gasteiger partial charge in [0.05, 0.1) is 5.60 Å². The highest BCUT2D eigenvalue weighted by atomic mass is 16.3. The minimum atomic E-state index is -0.541. The lowest BCUT2D eigenvalue weighted by molar-refractivity contribution is 0.0408.